The van der Waals surface area contributed by atoms with Crippen molar-refractivity contribution in [1.29, 1.82) is 0 Å². The summed E-state index contributed by atoms with van der Waals surface area (Å²) in [7, 11) is 1.61. The molecule has 34 heavy (non-hydrogen) atoms. The van der Waals surface area contributed by atoms with E-state index in [1.54, 1.807) is 19.2 Å². The van der Waals surface area contributed by atoms with Crippen LogP contribution in [0.4, 0.5) is 4.39 Å². The minimum Gasteiger partial charge on any atom is -0.497 e. The predicted octanol–water partition coefficient (Wildman–Crippen LogP) is 5.31. The van der Waals surface area contributed by atoms with Crippen molar-refractivity contribution in [2.45, 2.75) is 26.1 Å². The predicted molar refractivity (Wildman–Crippen MR) is 137 cm³/mol. The highest BCUT2D eigenvalue weighted by Crippen LogP contribution is 2.20. The summed E-state index contributed by atoms with van der Waals surface area (Å²) in [5.74, 6) is 0.413. The van der Waals surface area contributed by atoms with Crippen molar-refractivity contribution in [1.82, 2.24) is 15.2 Å². The van der Waals surface area contributed by atoms with E-state index in [2.05, 4.69) is 10.3 Å². The quantitative estimate of drug-likeness (QED) is 0.355. The number of hydrogen-bond acceptors (Lipinski definition) is 3. The van der Waals surface area contributed by atoms with E-state index in [4.69, 9.17) is 17.0 Å². The van der Waals surface area contributed by atoms with Crippen LogP contribution < -0.4 is 15.6 Å². The number of pyridine rings is 1. The zero-order chi connectivity index (χ0) is 24.1. The molecule has 0 aliphatic rings. The van der Waals surface area contributed by atoms with Gasteiger partial charge in [-0.05, 0) is 66.7 Å². The van der Waals surface area contributed by atoms with Crippen molar-refractivity contribution in [3.05, 3.63) is 112 Å². The first-order chi connectivity index (χ1) is 16.4. The number of halogens is 1. The molecule has 174 valence electrons. The Balaban J connectivity index is 1.63. The van der Waals surface area contributed by atoms with E-state index in [0.717, 1.165) is 22.0 Å². The maximum atomic E-state index is 13.4. The van der Waals surface area contributed by atoms with Gasteiger partial charge in [-0.15, -0.1) is 0 Å². The smallest absolute Gasteiger partial charge is 0.253 e. The second-order valence-corrected chi connectivity index (χ2v) is 8.53. The Labute approximate surface area is 203 Å². The van der Waals surface area contributed by atoms with Gasteiger partial charge in [-0.2, -0.15) is 0 Å². The number of aromatic amines is 1. The second-order valence-electron chi connectivity index (χ2n) is 8.14. The summed E-state index contributed by atoms with van der Waals surface area (Å²) >= 11 is 5.76. The minimum absolute atomic E-state index is 0.0245. The molecule has 0 bridgehead atoms. The van der Waals surface area contributed by atoms with Crippen LogP contribution >= 0.6 is 12.2 Å². The average Bonchev–Trinajstić information content (AvgIpc) is 2.85. The molecule has 0 saturated carbocycles. The number of methoxy groups -OCH3 is 1. The van der Waals surface area contributed by atoms with Gasteiger partial charge in [0.15, 0.2) is 5.11 Å². The van der Waals surface area contributed by atoms with Gasteiger partial charge in [0.25, 0.3) is 5.56 Å². The molecule has 3 aromatic carbocycles. The Bertz CT molecular complexity index is 1340. The SMILES string of the molecule is COc1ccc2[nH]c(=O)c(CN(Cc3ccc(F)cc3)C(=S)N[C@@H](C)c3ccccc3)cc2c1. The largest absolute Gasteiger partial charge is 0.497 e. The number of ether oxygens (including phenoxy) is 1. The van der Waals surface area contributed by atoms with Gasteiger partial charge in [0.1, 0.15) is 11.6 Å². The number of fused-ring (bicyclic) bond motifs is 1. The molecule has 7 heteroatoms. The highest BCUT2D eigenvalue weighted by atomic mass is 32.1. The molecule has 0 aliphatic heterocycles. The molecule has 0 saturated heterocycles. The van der Waals surface area contributed by atoms with Crippen molar-refractivity contribution in [2.75, 3.05) is 7.11 Å². The molecule has 1 aromatic heterocycles. The maximum Gasteiger partial charge on any atom is 0.253 e. The molecule has 5 nitrogen and oxygen atoms in total. The van der Waals surface area contributed by atoms with Crippen LogP contribution in [0, 0.1) is 5.82 Å². The molecule has 1 atom stereocenters. The van der Waals surface area contributed by atoms with E-state index in [9.17, 15) is 9.18 Å². The Morgan fingerprint density at radius 2 is 1.79 bits per heavy atom. The minimum atomic E-state index is -0.298. The van der Waals surface area contributed by atoms with E-state index >= 15 is 0 Å². The molecule has 4 rings (SSSR count). The summed E-state index contributed by atoms with van der Waals surface area (Å²) in [5, 5.41) is 4.75. The Hall–Kier alpha value is -3.71. The summed E-state index contributed by atoms with van der Waals surface area (Å²) in [6.45, 7) is 2.74. The average molecular weight is 476 g/mol. The van der Waals surface area contributed by atoms with Crippen LogP contribution in [-0.2, 0) is 13.1 Å². The molecule has 4 aromatic rings. The monoisotopic (exact) mass is 475 g/mol. The van der Waals surface area contributed by atoms with Gasteiger partial charge >= 0.3 is 0 Å². The van der Waals surface area contributed by atoms with Crippen molar-refractivity contribution < 1.29 is 9.13 Å². The fourth-order valence-corrected chi connectivity index (χ4v) is 4.10. The third kappa shape index (κ3) is 5.61. The number of benzene rings is 3. The van der Waals surface area contributed by atoms with Gasteiger partial charge in [0.2, 0.25) is 0 Å². The maximum absolute atomic E-state index is 13.4. The van der Waals surface area contributed by atoms with E-state index < -0.39 is 0 Å². The van der Waals surface area contributed by atoms with Crippen LogP contribution in [0.15, 0.2) is 83.7 Å². The van der Waals surface area contributed by atoms with E-state index in [1.165, 1.54) is 12.1 Å². The fourth-order valence-electron chi connectivity index (χ4n) is 3.79. The first kappa shape index (κ1) is 23.4. The summed E-state index contributed by atoms with van der Waals surface area (Å²) in [6, 6.07) is 23.6. The van der Waals surface area contributed by atoms with Gasteiger partial charge in [0.05, 0.1) is 19.7 Å². The van der Waals surface area contributed by atoms with Crippen molar-refractivity contribution in [3.8, 4) is 5.75 Å². The zero-order valence-corrected chi connectivity index (χ0v) is 19.9. The van der Waals surface area contributed by atoms with Gasteiger partial charge < -0.3 is 19.9 Å². The lowest BCUT2D eigenvalue weighted by molar-refractivity contribution is 0.392. The van der Waals surface area contributed by atoms with Crippen molar-refractivity contribution in [3.63, 3.8) is 0 Å². The van der Waals surface area contributed by atoms with Crippen LogP contribution in [0.1, 0.15) is 29.7 Å². The highest BCUT2D eigenvalue weighted by molar-refractivity contribution is 7.80. The summed E-state index contributed by atoms with van der Waals surface area (Å²) in [4.78, 5) is 17.7. The number of nitrogens with zero attached hydrogens (tertiary/aromatic N) is 1. The van der Waals surface area contributed by atoms with Crippen LogP contribution in [0.25, 0.3) is 10.9 Å². The zero-order valence-electron chi connectivity index (χ0n) is 19.0. The number of hydrogen-bond donors (Lipinski definition) is 2. The molecule has 0 radical (unpaired) electrons. The third-order valence-corrected chi connectivity index (χ3v) is 6.08. The lowest BCUT2D eigenvalue weighted by Gasteiger charge is -2.28. The Kier molecular flexibility index (Phi) is 7.23. The molecule has 0 aliphatic carbocycles. The molecule has 2 N–H and O–H groups in total. The van der Waals surface area contributed by atoms with Gasteiger partial charge in [-0.3, -0.25) is 4.79 Å². The topological polar surface area (TPSA) is 57.4 Å². The molecule has 0 amide bonds. The number of nitrogens with one attached hydrogen (secondary N) is 2. The van der Waals surface area contributed by atoms with Crippen molar-refractivity contribution >= 4 is 28.2 Å². The third-order valence-electron chi connectivity index (χ3n) is 5.70. The molecule has 0 unspecified atom stereocenters. The van der Waals surface area contributed by atoms with Crippen molar-refractivity contribution in [2.24, 2.45) is 0 Å². The fraction of sp³-hybridized carbons (Fsp3) is 0.185. The first-order valence-electron chi connectivity index (χ1n) is 11.0. The van der Waals surface area contributed by atoms with E-state index in [1.807, 2.05) is 66.4 Å². The van der Waals surface area contributed by atoms with Gasteiger partial charge in [-0.25, -0.2) is 4.39 Å². The lowest BCUT2D eigenvalue weighted by atomic mass is 10.1. The summed E-state index contributed by atoms with van der Waals surface area (Å²) in [6.07, 6.45) is 0. The lowest BCUT2D eigenvalue weighted by Crippen LogP contribution is -2.41. The number of H-pyrrole nitrogens is 1. The number of rotatable bonds is 7. The second kappa shape index (κ2) is 10.5. The Morgan fingerprint density at radius 3 is 2.50 bits per heavy atom. The van der Waals surface area contributed by atoms with Crippen LogP contribution in [0.2, 0.25) is 0 Å². The highest BCUT2D eigenvalue weighted by Gasteiger charge is 2.17. The standard InChI is InChI=1S/C27H26FN3O2S/c1-18(20-6-4-3-5-7-20)29-27(34)31(16-19-8-10-23(28)11-9-19)17-22-14-21-15-24(33-2)12-13-25(21)30-26(22)32/h3-15,18H,16-17H2,1-2H3,(H,29,34)(H,30,32)/t18-/m0/s1. The molecule has 0 fully saturated rings. The Morgan fingerprint density at radius 1 is 1.06 bits per heavy atom. The van der Waals surface area contributed by atoms with Crippen LogP contribution in [-0.4, -0.2) is 22.1 Å². The summed E-state index contributed by atoms with van der Waals surface area (Å²) in [5.41, 5.74) is 3.11. The number of aromatic nitrogens is 1. The number of thiocarbonyl (C=S) groups is 1. The van der Waals surface area contributed by atoms with Crippen LogP contribution in [0.3, 0.4) is 0 Å². The summed E-state index contributed by atoms with van der Waals surface area (Å²) < 4.78 is 18.8. The normalized spacial score (nSPS) is 11.7. The van der Waals surface area contributed by atoms with E-state index in [0.29, 0.717) is 23.0 Å². The molecular weight excluding hydrogens is 449 g/mol. The molecule has 1 heterocycles. The van der Waals surface area contributed by atoms with E-state index in [-0.39, 0.29) is 24.0 Å². The van der Waals surface area contributed by atoms with Crippen LogP contribution in [0.5, 0.6) is 5.75 Å². The first-order valence-corrected chi connectivity index (χ1v) is 11.4. The van der Waals surface area contributed by atoms with Gasteiger partial charge in [-0.1, -0.05) is 42.5 Å². The molecule has 0 spiro atoms. The molecular formula is C27H26FN3O2S. The van der Waals surface area contributed by atoms with Gasteiger partial charge in [0, 0.05) is 23.0 Å².